The Hall–Kier alpha value is -0.805. The average Bonchev–Trinajstić information content (AvgIpc) is 2.47. The Kier molecular flexibility index (Phi) is 3.80. The summed E-state index contributed by atoms with van der Waals surface area (Å²) in [6.07, 6.45) is 1.84. The van der Waals surface area contributed by atoms with Gasteiger partial charge < -0.3 is 14.2 Å². The highest BCUT2D eigenvalue weighted by Gasteiger charge is 2.50. The van der Waals surface area contributed by atoms with Crippen LogP contribution >= 0.6 is 0 Å². The molecule has 2 aliphatic heterocycles. The fraction of sp³-hybridized carbons (Fsp3) is 0.786. The second-order valence-corrected chi connectivity index (χ2v) is 6.46. The molecule has 4 nitrogen and oxygen atoms in total. The normalized spacial score (nSPS) is 25.6. The fourth-order valence-electron chi connectivity index (χ4n) is 2.42. The molecule has 106 valence electrons. The highest BCUT2D eigenvalue weighted by Crippen LogP contribution is 2.37. The van der Waals surface area contributed by atoms with Crippen molar-refractivity contribution < 1.29 is 14.1 Å². The predicted molar refractivity (Wildman–Crippen MR) is 75.7 cm³/mol. The molecule has 0 aliphatic carbocycles. The van der Waals surface area contributed by atoms with E-state index in [0.29, 0.717) is 0 Å². The van der Waals surface area contributed by atoms with Crippen LogP contribution in [0.3, 0.4) is 0 Å². The lowest BCUT2D eigenvalue weighted by molar-refractivity contribution is -0.129. The monoisotopic (exact) mass is 265 g/mol. The van der Waals surface area contributed by atoms with E-state index in [1.165, 1.54) is 5.57 Å². The molecule has 2 fully saturated rings. The van der Waals surface area contributed by atoms with E-state index in [2.05, 4.69) is 33.7 Å². The summed E-state index contributed by atoms with van der Waals surface area (Å²) in [5, 5.41) is 0. The lowest BCUT2D eigenvalue weighted by Gasteiger charge is -2.32. The number of likely N-dealkylation sites (tertiary alicyclic amines) is 1. The van der Waals surface area contributed by atoms with Gasteiger partial charge >= 0.3 is 7.12 Å². The van der Waals surface area contributed by atoms with Crippen molar-refractivity contribution in [2.24, 2.45) is 0 Å². The second kappa shape index (κ2) is 4.95. The SMILES string of the molecule is CC(=O)N1CCC(=CB2OC(C)(C)C(C)(C)O2)CC1. The molecule has 0 aromatic heterocycles. The third kappa shape index (κ3) is 3.03. The zero-order chi connectivity index (χ0) is 14.3. The van der Waals surface area contributed by atoms with Crippen LogP contribution < -0.4 is 0 Å². The number of hydrogen-bond donors (Lipinski definition) is 0. The Labute approximate surface area is 116 Å². The summed E-state index contributed by atoms with van der Waals surface area (Å²) in [7, 11) is -0.260. The number of rotatable bonds is 1. The van der Waals surface area contributed by atoms with Crippen molar-refractivity contribution in [2.45, 2.75) is 58.7 Å². The van der Waals surface area contributed by atoms with E-state index in [9.17, 15) is 4.79 Å². The summed E-state index contributed by atoms with van der Waals surface area (Å²) in [5.41, 5.74) is 0.764. The highest BCUT2D eigenvalue weighted by molar-refractivity contribution is 6.51. The number of carbonyl (C=O) groups is 1. The van der Waals surface area contributed by atoms with E-state index in [1.807, 2.05) is 4.90 Å². The molecule has 0 radical (unpaired) electrons. The van der Waals surface area contributed by atoms with Crippen molar-refractivity contribution in [1.29, 1.82) is 0 Å². The standard InChI is InChI=1S/C14H24BNO3/c1-11(17)16-8-6-12(7-9-16)10-15-18-13(2,3)14(4,5)19-15/h10H,6-9H2,1-5H3. The maximum atomic E-state index is 11.3. The van der Waals surface area contributed by atoms with Gasteiger partial charge in [0, 0.05) is 20.0 Å². The third-order valence-corrected chi connectivity index (χ3v) is 4.49. The molecule has 2 heterocycles. The summed E-state index contributed by atoms with van der Waals surface area (Å²) in [6, 6.07) is 0. The first-order valence-corrected chi connectivity index (χ1v) is 7.02. The van der Waals surface area contributed by atoms with E-state index in [4.69, 9.17) is 9.31 Å². The molecule has 2 aliphatic rings. The number of nitrogens with zero attached hydrogens (tertiary/aromatic N) is 1. The van der Waals surface area contributed by atoms with Gasteiger partial charge in [-0.3, -0.25) is 4.79 Å². The van der Waals surface area contributed by atoms with Crippen LogP contribution in [-0.2, 0) is 14.1 Å². The molecule has 1 amide bonds. The lowest BCUT2D eigenvalue weighted by atomic mass is 9.84. The summed E-state index contributed by atoms with van der Waals surface area (Å²) in [5.74, 6) is 2.25. The minimum Gasteiger partial charge on any atom is -0.400 e. The van der Waals surface area contributed by atoms with Gasteiger partial charge in [-0.1, -0.05) is 11.5 Å². The van der Waals surface area contributed by atoms with Crippen molar-refractivity contribution in [3.05, 3.63) is 11.5 Å². The van der Waals surface area contributed by atoms with Crippen LogP contribution in [0.25, 0.3) is 0 Å². The van der Waals surface area contributed by atoms with E-state index in [0.717, 1.165) is 25.9 Å². The van der Waals surface area contributed by atoms with Crippen molar-refractivity contribution >= 4 is 13.0 Å². The lowest BCUT2D eigenvalue weighted by Crippen LogP contribution is -2.41. The Morgan fingerprint density at radius 2 is 1.63 bits per heavy atom. The number of carbonyl (C=O) groups excluding carboxylic acids is 1. The Balaban J connectivity index is 1.96. The van der Waals surface area contributed by atoms with Crippen molar-refractivity contribution in [3.63, 3.8) is 0 Å². The zero-order valence-corrected chi connectivity index (χ0v) is 12.7. The molecule has 0 atom stereocenters. The summed E-state index contributed by atoms with van der Waals surface area (Å²) >= 11 is 0. The molecule has 0 N–H and O–H groups in total. The van der Waals surface area contributed by atoms with Gasteiger partial charge in [0.2, 0.25) is 5.91 Å². The largest absolute Gasteiger partial charge is 0.487 e. The van der Waals surface area contributed by atoms with Crippen LogP contribution in [0.1, 0.15) is 47.5 Å². The van der Waals surface area contributed by atoms with Gasteiger partial charge in [-0.25, -0.2) is 0 Å². The van der Waals surface area contributed by atoms with Crippen LogP contribution in [0.5, 0.6) is 0 Å². The molecule has 5 heteroatoms. The predicted octanol–water partition coefficient (Wildman–Crippen LogP) is 2.19. The summed E-state index contributed by atoms with van der Waals surface area (Å²) < 4.78 is 11.9. The Bertz CT molecular complexity index is 377. The molecule has 0 aromatic rings. The maximum absolute atomic E-state index is 11.3. The maximum Gasteiger partial charge on any atom is 0.487 e. The molecule has 0 spiro atoms. The van der Waals surface area contributed by atoms with E-state index in [1.54, 1.807) is 6.92 Å². The molecule has 0 saturated carbocycles. The fourth-order valence-corrected chi connectivity index (χ4v) is 2.42. The molecule has 0 unspecified atom stereocenters. The van der Waals surface area contributed by atoms with E-state index < -0.39 is 0 Å². The van der Waals surface area contributed by atoms with Gasteiger partial charge in [0.15, 0.2) is 0 Å². The minimum absolute atomic E-state index is 0.162. The topological polar surface area (TPSA) is 38.8 Å². The molecule has 2 saturated heterocycles. The van der Waals surface area contributed by atoms with Crippen LogP contribution in [0.4, 0.5) is 0 Å². The Morgan fingerprint density at radius 1 is 1.16 bits per heavy atom. The quantitative estimate of drug-likeness (QED) is 0.682. The molecule has 19 heavy (non-hydrogen) atoms. The molecule has 0 aromatic carbocycles. The Morgan fingerprint density at radius 3 is 2.05 bits per heavy atom. The van der Waals surface area contributed by atoms with Crippen LogP contribution in [0.15, 0.2) is 11.5 Å². The van der Waals surface area contributed by atoms with E-state index in [-0.39, 0.29) is 24.2 Å². The molecular formula is C14H24BNO3. The van der Waals surface area contributed by atoms with Crippen molar-refractivity contribution in [2.75, 3.05) is 13.1 Å². The van der Waals surface area contributed by atoms with Gasteiger partial charge in [-0.2, -0.15) is 0 Å². The van der Waals surface area contributed by atoms with Crippen LogP contribution in [0.2, 0.25) is 0 Å². The molecule has 2 rings (SSSR count). The second-order valence-electron chi connectivity index (χ2n) is 6.46. The van der Waals surface area contributed by atoms with E-state index >= 15 is 0 Å². The number of hydrogen-bond acceptors (Lipinski definition) is 3. The van der Waals surface area contributed by atoms with Gasteiger partial charge in [0.25, 0.3) is 0 Å². The smallest absolute Gasteiger partial charge is 0.400 e. The molecular weight excluding hydrogens is 241 g/mol. The summed E-state index contributed by atoms with van der Waals surface area (Å²) in [6.45, 7) is 11.5. The zero-order valence-electron chi connectivity index (χ0n) is 12.7. The first-order valence-electron chi connectivity index (χ1n) is 7.02. The molecule has 0 bridgehead atoms. The van der Waals surface area contributed by atoms with Gasteiger partial charge in [0.1, 0.15) is 0 Å². The van der Waals surface area contributed by atoms with Gasteiger partial charge in [0.05, 0.1) is 11.2 Å². The van der Waals surface area contributed by atoms with Gasteiger partial charge in [-0.05, 0) is 40.5 Å². The van der Waals surface area contributed by atoms with Gasteiger partial charge in [-0.15, -0.1) is 0 Å². The number of amides is 1. The number of piperidine rings is 1. The summed E-state index contributed by atoms with van der Waals surface area (Å²) in [4.78, 5) is 13.2. The minimum atomic E-state index is -0.283. The average molecular weight is 265 g/mol. The van der Waals surface area contributed by atoms with Crippen molar-refractivity contribution in [3.8, 4) is 0 Å². The highest BCUT2D eigenvalue weighted by atomic mass is 16.7. The van der Waals surface area contributed by atoms with Crippen LogP contribution in [-0.4, -0.2) is 42.2 Å². The first kappa shape index (κ1) is 14.6. The first-order chi connectivity index (χ1) is 8.71. The van der Waals surface area contributed by atoms with Crippen molar-refractivity contribution in [1.82, 2.24) is 4.90 Å². The van der Waals surface area contributed by atoms with Crippen LogP contribution in [0, 0.1) is 0 Å². The third-order valence-electron chi connectivity index (χ3n) is 4.49.